The molecule has 2 heterocycles. The average Bonchev–Trinajstić information content (AvgIpc) is 4.20. The molecule has 2 amide bonds. The van der Waals surface area contributed by atoms with Crippen LogP contribution in [0.2, 0.25) is 10.0 Å². The zero-order valence-electron chi connectivity index (χ0n) is 33.3. The van der Waals surface area contributed by atoms with Crippen molar-refractivity contribution in [2.75, 3.05) is 59.0 Å². The van der Waals surface area contributed by atoms with Gasteiger partial charge in [0, 0.05) is 85.8 Å². The molecule has 0 radical (unpaired) electrons. The van der Waals surface area contributed by atoms with Crippen molar-refractivity contribution in [3.8, 4) is 16.9 Å². The fraction of sp³-hybridized carbons (Fsp3) is 0.558. The number of unbranched alkanes of at least 4 members (excludes halogenated alkanes) is 1. The third-order valence-electron chi connectivity index (χ3n) is 11.2. The van der Waals surface area contributed by atoms with Gasteiger partial charge in [-0.2, -0.15) is 0 Å². The molecule has 3 aromatic rings. The topological polar surface area (TPSA) is 197 Å². The largest absolute Gasteiger partial charge is 0.490 e. The van der Waals surface area contributed by atoms with Gasteiger partial charge in [-0.05, 0) is 85.9 Å². The summed E-state index contributed by atoms with van der Waals surface area (Å²) in [5.41, 5.74) is 4.46. The van der Waals surface area contributed by atoms with E-state index in [4.69, 9.17) is 37.8 Å². The maximum Gasteiger partial charge on any atom is 0.234 e. The predicted molar refractivity (Wildman–Crippen MR) is 223 cm³/mol. The van der Waals surface area contributed by atoms with Crippen LogP contribution in [0.3, 0.4) is 0 Å². The molecule has 1 saturated heterocycles. The number of hydrogen-bond acceptors (Lipinski definition) is 12. The van der Waals surface area contributed by atoms with Crippen molar-refractivity contribution in [3.05, 3.63) is 81.6 Å². The zero-order chi connectivity index (χ0) is 41.9. The molecule has 0 bridgehead atoms. The number of aromatic nitrogens is 1. The average molecular weight is 859 g/mol. The molecule has 2 aromatic carbocycles. The van der Waals surface area contributed by atoms with Crippen LogP contribution in [0.5, 0.6) is 5.75 Å². The molecule has 3 aliphatic rings. The Balaban J connectivity index is 0.860. The maximum atomic E-state index is 12.6. The van der Waals surface area contributed by atoms with Gasteiger partial charge in [-0.1, -0.05) is 41.4 Å². The van der Waals surface area contributed by atoms with Crippen LogP contribution in [-0.4, -0.2) is 142 Å². The Morgan fingerprint density at radius 3 is 2.29 bits per heavy atom. The van der Waals surface area contributed by atoms with Crippen molar-refractivity contribution in [1.29, 1.82) is 0 Å². The minimum atomic E-state index is -1.75. The number of aliphatic hydroxyl groups excluding tert-OH is 5. The standard InChI is InChI=1S/C43H57Cl2N5O9/c44-34-22-29(27-58-43(12-13-43)33-23-46-14-11-31(33)32-6-2-3-7-38(32)59-30-9-10-30)35(45)21-28(34)5-1-4-8-39(54)47-15-16-49-17-19-50(20-18-49)25-40(55)48-24-36(52)41(56)42(57)37(53)26-51/h2-3,6-7,11,14,21-23,30,36-37,41-42,51-53,56-57H,1,4-5,8-10,12-13,15-20,24-27H2,(H,47,54)(H,48,55). The van der Waals surface area contributed by atoms with E-state index in [9.17, 15) is 30.0 Å². The SMILES string of the molecule is O=C(CCCCc1cc(Cl)c(COC2(c3cnccc3-c3ccccc3OC3CC3)CC2)cc1Cl)NCCN1CCN(CC(=O)NCC(O)C(O)C(O)C(O)CO)CC1. The van der Waals surface area contributed by atoms with E-state index in [1.807, 2.05) is 53.7 Å². The molecule has 1 aliphatic heterocycles. The number of carbonyl (C=O) groups is 2. The number of carbonyl (C=O) groups excluding carboxylic acids is 2. The lowest BCUT2D eigenvalue weighted by Crippen LogP contribution is -2.52. The first kappa shape index (κ1) is 45.1. The molecule has 2 saturated carbocycles. The quantitative estimate of drug-likeness (QED) is 0.0691. The van der Waals surface area contributed by atoms with Crippen LogP contribution in [-0.2, 0) is 33.0 Å². The minimum absolute atomic E-state index is 0.00710. The smallest absolute Gasteiger partial charge is 0.234 e. The number of rotatable bonds is 23. The van der Waals surface area contributed by atoms with Crippen molar-refractivity contribution in [1.82, 2.24) is 25.4 Å². The number of aryl methyl sites for hydroxylation is 1. The predicted octanol–water partition coefficient (Wildman–Crippen LogP) is 2.80. The van der Waals surface area contributed by atoms with E-state index in [-0.39, 0.29) is 31.0 Å². The summed E-state index contributed by atoms with van der Waals surface area (Å²) in [4.78, 5) is 33.6. The van der Waals surface area contributed by atoms with Crippen molar-refractivity contribution in [2.24, 2.45) is 0 Å². The molecule has 0 spiro atoms. The molecule has 14 nitrogen and oxygen atoms in total. The fourth-order valence-corrected chi connectivity index (χ4v) is 7.80. The van der Waals surface area contributed by atoms with E-state index in [0.717, 1.165) is 78.8 Å². The Hall–Kier alpha value is -3.41. The molecule has 322 valence electrons. The molecule has 7 N–H and O–H groups in total. The highest BCUT2D eigenvalue weighted by molar-refractivity contribution is 6.34. The van der Waals surface area contributed by atoms with Gasteiger partial charge in [0.2, 0.25) is 11.8 Å². The fourth-order valence-electron chi connectivity index (χ4n) is 7.28. The molecule has 16 heteroatoms. The van der Waals surface area contributed by atoms with Crippen LogP contribution < -0.4 is 15.4 Å². The molecule has 1 aromatic heterocycles. The second-order valence-corrected chi connectivity index (χ2v) is 16.6. The zero-order valence-corrected chi connectivity index (χ0v) is 34.8. The molecule has 4 atom stereocenters. The summed E-state index contributed by atoms with van der Waals surface area (Å²) in [5.74, 6) is 0.526. The number of nitrogens with one attached hydrogen (secondary N) is 2. The highest BCUT2D eigenvalue weighted by Gasteiger charge is 2.48. The van der Waals surface area contributed by atoms with Crippen LogP contribution in [0.4, 0.5) is 0 Å². The third-order valence-corrected chi connectivity index (χ3v) is 12.0. The number of nitrogens with zero attached hydrogens (tertiary/aromatic N) is 3. The Kier molecular flexibility index (Phi) is 16.4. The van der Waals surface area contributed by atoms with E-state index in [1.165, 1.54) is 0 Å². The monoisotopic (exact) mass is 857 g/mol. The minimum Gasteiger partial charge on any atom is -0.490 e. The molecule has 2 aliphatic carbocycles. The van der Waals surface area contributed by atoms with Gasteiger partial charge in [0.25, 0.3) is 0 Å². The number of hydrogen-bond donors (Lipinski definition) is 7. The molecular weight excluding hydrogens is 801 g/mol. The van der Waals surface area contributed by atoms with Crippen molar-refractivity contribution >= 4 is 35.0 Å². The van der Waals surface area contributed by atoms with Crippen molar-refractivity contribution < 1.29 is 44.6 Å². The second kappa shape index (κ2) is 21.4. The Morgan fingerprint density at radius 2 is 1.56 bits per heavy atom. The summed E-state index contributed by atoms with van der Waals surface area (Å²) in [6, 6.07) is 14.0. The number of para-hydroxylation sites is 1. The highest BCUT2D eigenvalue weighted by atomic mass is 35.5. The Bertz CT molecular complexity index is 1860. The lowest BCUT2D eigenvalue weighted by Gasteiger charge is -2.34. The van der Waals surface area contributed by atoms with Gasteiger partial charge < -0.3 is 45.6 Å². The first-order valence-corrected chi connectivity index (χ1v) is 21.3. The van der Waals surface area contributed by atoms with E-state index in [0.29, 0.717) is 62.1 Å². The van der Waals surface area contributed by atoms with E-state index < -0.39 is 36.6 Å². The third kappa shape index (κ3) is 12.8. The van der Waals surface area contributed by atoms with Crippen LogP contribution in [0.1, 0.15) is 61.6 Å². The molecule has 3 fully saturated rings. The lowest BCUT2D eigenvalue weighted by atomic mass is 9.96. The van der Waals surface area contributed by atoms with Crippen molar-refractivity contribution in [3.63, 3.8) is 0 Å². The number of aliphatic hydroxyl groups is 5. The first-order valence-electron chi connectivity index (χ1n) is 20.6. The Morgan fingerprint density at radius 1 is 0.864 bits per heavy atom. The van der Waals surface area contributed by atoms with E-state index in [1.54, 1.807) is 0 Å². The van der Waals surface area contributed by atoms with Gasteiger partial charge in [-0.25, -0.2) is 0 Å². The van der Waals surface area contributed by atoms with Gasteiger partial charge in [0.1, 0.15) is 24.1 Å². The second-order valence-electron chi connectivity index (χ2n) is 15.8. The van der Waals surface area contributed by atoms with Crippen LogP contribution in [0.15, 0.2) is 54.9 Å². The van der Waals surface area contributed by atoms with E-state index >= 15 is 0 Å². The molecule has 6 rings (SSSR count). The van der Waals surface area contributed by atoms with Gasteiger partial charge in [0.05, 0.1) is 37.6 Å². The molecule has 59 heavy (non-hydrogen) atoms. The van der Waals surface area contributed by atoms with Gasteiger partial charge in [0.15, 0.2) is 0 Å². The summed E-state index contributed by atoms with van der Waals surface area (Å²) < 4.78 is 12.9. The van der Waals surface area contributed by atoms with Crippen LogP contribution >= 0.6 is 23.2 Å². The van der Waals surface area contributed by atoms with Crippen LogP contribution in [0.25, 0.3) is 11.1 Å². The highest BCUT2D eigenvalue weighted by Crippen LogP contribution is 2.53. The number of pyridine rings is 1. The summed E-state index contributed by atoms with van der Waals surface area (Å²) in [5, 5.41) is 54.7. The maximum absolute atomic E-state index is 12.6. The molecular formula is C43H57Cl2N5O9. The van der Waals surface area contributed by atoms with Gasteiger partial charge >= 0.3 is 0 Å². The van der Waals surface area contributed by atoms with Gasteiger partial charge in [-0.15, -0.1) is 0 Å². The van der Waals surface area contributed by atoms with Gasteiger partial charge in [-0.3, -0.25) is 24.4 Å². The lowest BCUT2D eigenvalue weighted by molar-refractivity contribution is -0.127. The Labute approximate surface area is 355 Å². The summed E-state index contributed by atoms with van der Waals surface area (Å²) in [7, 11) is 0. The number of ether oxygens (including phenoxy) is 2. The summed E-state index contributed by atoms with van der Waals surface area (Å²) in [6.07, 6.45) is 3.93. The van der Waals surface area contributed by atoms with Crippen LogP contribution in [0, 0.1) is 0 Å². The van der Waals surface area contributed by atoms with E-state index in [2.05, 4.69) is 26.6 Å². The summed E-state index contributed by atoms with van der Waals surface area (Å²) >= 11 is 13.5. The van der Waals surface area contributed by atoms with Crippen molar-refractivity contribution in [2.45, 2.75) is 94.1 Å². The number of piperazine rings is 1. The first-order chi connectivity index (χ1) is 28.5. The molecule has 4 unspecified atom stereocenters. The normalized spacial score (nSPS) is 18.8. The number of benzene rings is 2. The summed E-state index contributed by atoms with van der Waals surface area (Å²) in [6.45, 7) is 3.28. The number of halogens is 2. The number of amides is 2.